The molecule has 0 radical (unpaired) electrons. The summed E-state index contributed by atoms with van der Waals surface area (Å²) in [7, 11) is 0. The topological polar surface area (TPSA) is 74.6 Å². The van der Waals surface area contributed by atoms with Gasteiger partial charge in [-0.15, -0.1) is 0 Å². The third-order valence-electron chi connectivity index (χ3n) is 2.58. The molecule has 0 aromatic heterocycles. The number of benzene rings is 1. The normalized spacial score (nSPS) is 16.6. The third-order valence-corrected chi connectivity index (χ3v) is 2.58. The molecule has 0 amide bonds. The predicted molar refractivity (Wildman–Crippen MR) is 64.8 cm³/mol. The van der Waals surface area contributed by atoms with Crippen LogP contribution in [0.4, 0.5) is 5.69 Å². The minimum Gasteiger partial charge on any atom is -0.378 e. The number of nitrogens with zero attached hydrogens (tertiary/aromatic N) is 3. The van der Waals surface area contributed by atoms with Crippen LogP contribution in [-0.2, 0) is 4.74 Å². The Bertz CT molecular complexity index is 441. The van der Waals surface area contributed by atoms with Crippen LogP contribution in [0.15, 0.2) is 29.3 Å². The summed E-state index contributed by atoms with van der Waals surface area (Å²) in [5.41, 5.74) is 7.28. The Balaban J connectivity index is 2.08. The number of hydrogen-bond donors (Lipinski definition) is 1. The highest BCUT2D eigenvalue weighted by molar-refractivity contribution is 5.81. The Labute approximate surface area is 100 Å². The maximum atomic E-state index is 8.68. The molecule has 1 aromatic rings. The average Bonchev–Trinajstić information content (AvgIpc) is 2.40. The van der Waals surface area contributed by atoms with Crippen LogP contribution in [0.3, 0.4) is 0 Å². The van der Waals surface area contributed by atoms with Crippen molar-refractivity contribution in [2.75, 3.05) is 26.3 Å². The Morgan fingerprint density at radius 3 is 2.53 bits per heavy atom. The van der Waals surface area contributed by atoms with E-state index in [-0.39, 0.29) is 0 Å². The summed E-state index contributed by atoms with van der Waals surface area (Å²) in [6, 6.07) is 9.09. The van der Waals surface area contributed by atoms with Crippen LogP contribution in [0.5, 0.6) is 0 Å². The van der Waals surface area contributed by atoms with Crippen LogP contribution >= 0.6 is 0 Å². The highest BCUT2D eigenvalue weighted by Crippen LogP contribution is 2.13. The van der Waals surface area contributed by atoms with Gasteiger partial charge in [0, 0.05) is 13.1 Å². The Morgan fingerprint density at radius 2 is 1.94 bits per heavy atom. The van der Waals surface area contributed by atoms with Crippen LogP contribution in [0.1, 0.15) is 5.56 Å². The van der Waals surface area contributed by atoms with Crippen molar-refractivity contribution in [3.8, 4) is 6.07 Å². The van der Waals surface area contributed by atoms with Gasteiger partial charge in [0.05, 0.1) is 30.5 Å². The summed E-state index contributed by atoms with van der Waals surface area (Å²) in [4.78, 5) is 6.30. The van der Waals surface area contributed by atoms with Crippen LogP contribution in [0.2, 0.25) is 0 Å². The molecular formula is C12H14N4O. The molecule has 0 atom stereocenters. The van der Waals surface area contributed by atoms with Gasteiger partial charge in [0.15, 0.2) is 5.96 Å². The SMILES string of the molecule is N#Cc1ccc(N=C(N)N2CCOCC2)cc1. The van der Waals surface area contributed by atoms with E-state index in [9.17, 15) is 0 Å². The molecule has 2 rings (SSSR count). The summed E-state index contributed by atoms with van der Waals surface area (Å²) in [6.45, 7) is 2.91. The predicted octanol–water partition coefficient (Wildman–Crippen LogP) is 0.837. The maximum Gasteiger partial charge on any atom is 0.196 e. The second kappa shape index (κ2) is 5.32. The van der Waals surface area contributed by atoms with E-state index in [2.05, 4.69) is 11.1 Å². The molecule has 88 valence electrons. The molecule has 17 heavy (non-hydrogen) atoms. The first kappa shape index (κ1) is 11.4. The molecule has 1 aliphatic rings. The molecule has 0 bridgehead atoms. The van der Waals surface area contributed by atoms with Crippen LogP contribution in [0.25, 0.3) is 0 Å². The van der Waals surface area contributed by atoms with E-state index in [0.717, 1.165) is 18.8 Å². The fourth-order valence-electron chi connectivity index (χ4n) is 1.61. The minimum atomic E-state index is 0.498. The molecule has 0 spiro atoms. The molecule has 1 saturated heterocycles. The van der Waals surface area contributed by atoms with Crippen molar-refractivity contribution in [3.05, 3.63) is 29.8 Å². The van der Waals surface area contributed by atoms with E-state index >= 15 is 0 Å². The first-order chi connectivity index (χ1) is 8.29. The second-order valence-corrected chi connectivity index (χ2v) is 3.73. The van der Waals surface area contributed by atoms with Crippen LogP contribution in [0, 0.1) is 11.3 Å². The zero-order chi connectivity index (χ0) is 12.1. The molecule has 0 aliphatic carbocycles. The Hall–Kier alpha value is -2.06. The highest BCUT2D eigenvalue weighted by Gasteiger charge is 2.11. The molecule has 0 unspecified atom stereocenters. The number of guanidine groups is 1. The van der Waals surface area contributed by atoms with E-state index in [1.165, 1.54) is 0 Å². The van der Waals surface area contributed by atoms with Crippen molar-refractivity contribution in [1.82, 2.24) is 4.90 Å². The average molecular weight is 230 g/mol. The molecule has 1 aromatic carbocycles. The second-order valence-electron chi connectivity index (χ2n) is 3.73. The molecule has 1 aliphatic heterocycles. The van der Waals surface area contributed by atoms with E-state index in [4.69, 9.17) is 15.7 Å². The third kappa shape index (κ3) is 2.95. The lowest BCUT2D eigenvalue weighted by Crippen LogP contribution is -2.44. The van der Waals surface area contributed by atoms with Crippen molar-refractivity contribution in [2.24, 2.45) is 10.7 Å². The number of aliphatic imine (C=N–C) groups is 1. The quantitative estimate of drug-likeness (QED) is 0.573. The van der Waals surface area contributed by atoms with E-state index < -0.39 is 0 Å². The monoisotopic (exact) mass is 230 g/mol. The van der Waals surface area contributed by atoms with Crippen molar-refractivity contribution in [1.29, 1.82) is 5.26 Å². The summed E-state index contributed by atoms with van der Waals surface area (Å²) in [5, 5.41) is 8.68. The number of rotatable bonds is 1. The summed E-state index contributed by atoms with van der Waals surface area (Å²) >= 11 is 0. The fraction of sp³-hybridized carbons (Fsp3) is 0.333. The first-order valence-electron chi connectivity index (χ1n) is 5.46. The lowest BCUT2D eigenvalue weighted by molar-refractivity contribution is 0.0675. The number of morpholine rings is 1. The van der Waals surface area contributed by atoms with Crippen molar-refractivity contribution >= 4 is 11.6 Å². The van der Waals surface area contributed by atoms with Crippen molar-refractivity contribution in [3.63, 3.8) is 0 Å². The van der Waals surface area contributed by atoms with Gasteiger partial charge in [-0.2, -0.15) is 5.26 Å². The number of hydrogen-bond acceptors (Lipinski definition) is 3. The molecule has 1 heterocycles. The van der Waals surface area contributed by atoms with Crippen molar-refractivity contribution in [2.45, 2.75) is 0 Å². The number of nitrogens with two attached hydrogens (primary N) is 1. The molecule has 5 nitrogen and oxygen atoms in total. The zero-order valence-electron chi connectivity index (χ0n) is 9.47. The molecule has 0 saturated carbocycles. The van der Waals surface area contributed by atoms with E-state index in [1.807, 2.05) is 4.90 Å². The largest absolute Gasteiger partial charge is 0.378 e. The van der Waals surface area contributed by atoms with Gasteiger partial charge in [-0.05, 0) is 24.3 Å². The van der Waals surface area contributed by atoms with Gasteiger partial charge >= 0.3 is 0 Å². The molecule has 2 N–H and O–H groups in total. The molecule has 1 fully saturated rings. The van der Waals surface area contributed by atoms with Gasteiger partial charge in [0.2, 0.25) is 0 Å². The van der Waals surface area contributed by atoms with Gasteiger partial charge in [-0.25, -0.2) is 4.99 Å². The highest BCUT2D eigenvalue weighted by atomic mass is 16.5. The van der Waals surface area contributed by atoms with E-state index in [1.54, 1.807) is 24.3 Å². The van der Waals surface area contributed by atoms with Gasteiger partial charge in [0.25, 0.3) is 0 Å². The first-order valence-corrected chi connectivity index (χ1v) is 5.46. The van der Waals surface area contributed by atoms with Gasteiger partial charge in [-0.3, -0.25) is 0 Å². The van der Waals surface area contributed by atoms with Gasteiger partial charge in [-0.1, -0.05) is 0 Å². The smallest absolute Gasteiger partial charge is 0.196 e. The minimum absolute atomic E-state index is 0.498. The lowest BCUT2D eigenvalue weighted by atomic mass is 10.2. The van der Waals surface area contributed by atoms with Crippen LogP contribution in [-0.4, -0.2) is 37.2 Å². The summed E-state index contributed by atoms with van der Waals surface area (Å²) in [6.07, 6.45) is 0. The summed E-state index contributed by atoms with van der Waals surface area (Å²) < 4.78 is 5.24. The maximum absolute atomic E-state index is 8.68. The standard InChI is InChI=1S/C12H14N4O/c13-9-10-1-3-11(4-2-10)15-12(14)16-5-7-17-8-6-16/h1-4H,5-8H2,(H2,14,15). The van der Waals surface area contributed by atoms with Crippen LogP contribution < -0.4 is 5.73 Å². The number of ether oxygens (including phenoxy) is 1. The van der Waals surface area contributed by atoms with Crippen molar-refractivity contribution < 1.29 is 4.74 Å². The molecule has 5 heteroatoms. The Morgan fingerprint density at radius 1 is 1.29 bits per heavy atom. The fourth-order valence-corrected chi connectivity index (χ4v) is 1.61. The van der Waals surface area contributed by atoms with E-state index in [0.29, 0.717) is 24.7 Å². The lowest BCUT2D eigenvalue weighted by Gasteiger charge is -2.27. The van der Waals surface area contributed by atoms with Gasteiger partial charge < -0.3 is 15.4 Å². The van der Waals surface area contributed by atoms with Gasteiger partial charge in [0.1, 0.15) is 0 Å². The summed E-state index contributed by atoms with van der Waals surface area (Å²) in [5.74, 6) is 0.498. The Kier molecular flexibility index (Phi) is 3.58. The number of nitriles is 1. The molecular weight excluding hydrogens is 216 g/mol. The zero-order valence-corrected chi connectivity index (χ0v) is 9.47.